The van der Waals surface area contributed by atoms with Crippen LogP contribution in [0.3, 0.4) is 0 Å². The predicted octanol–water partition coefficient (Wildman–Crippen LogP) is 4.85. The molecule has 0 aliphatic carbocycles. The average Bonchev–Trinajstić information content (AvgIpc) is 2.45. The van der Waals surface area contributed by atoms with Gasteiger partial charge in [0.05, 0.1) is 0 Å². The van der Waals surface area contributed by atoms with Crippen LogP contribution in [0.4, 0.5) is 0 Å². The normalized spacial score (nSPS) is 11.6. The van der Waals surface area contributed by atoms with Crippen molar-refractivity contribution in [2.24, 2.45) is 0 Å². The van der Waals surface area contributed by atoms with Gasteiger partial charge in [-0.05, 0) is 0 Å². The van der Waals surface area contributed by atoms with Gasteiger partial charge >= 0.3 is 130 Å². The predicted molar refractivity (Wildman–Crippen MR) is 85.1 cm³/mol. The Balaban J connectivity index is 2.14. The summed E-state index contributed by atoms with van der Waals surface area (Å²) < 4.78 is 0. The van der Waals surface area contributed by atoms with E-state index in [9.17, 15) is 0 Å². The Kier molecular flexibility index (Phi) is 6.86. The molecule has 4 heteroatoms. The summed E-state index contributed by atoms with van der Waals surface area (Å²) in [5, 5.41) is 2.87. The molecule has 0 aliphatic rings. The van der Waals surface area contributed by atoms with Crippen LogP contribution in [0.5, 0.6) is 0 Å². The molecule has 19 heavy (non-hydrogen) atoms. The second kappa shape index (κ2) is 8.41. The minimum absolute atomic E-state index is 0.280. The molecule has 0 nitrogen and oxygen atoms in total. The number of hydrogen-bond acceptors (Lipinski definition) is 0. The van der Waals surface area contributed by atoms with E-state index in [1.165, 1.54) is 16.8 Å². The van der Waals surface area contributed by atoms with Crippen LogP contribution in [0.25, 0.3) is 0 Å². The van der Waals surface area contributed by atoms with Gasteiger partial charge in [0, 0.05) is 0 Å². The number of rotatable bonds is 6. The van der Waals surface area contributed by atoms with Crippen molar-refractivity contribution < 1.29 is 14.7 Å². The van der Waals surface area contributed by atoms with Gasteiger partial charge in [0.15, 0.2) is 0 Å². The average molecular weight is 405 g/mol. The van der Waals surface area contributed by atoms with E-state index >= 15 is 0 Å². The molecule has 0 radical (unpaired) electrons. The summed E-state index contributed by atoms with van der Waals surface area (Å²) in [4.78, 5) is 0.979. The first-order valence-electron chi connectivity index (χ1n) is 6.05. The topological polar surface area (TPSA) is 0 Å². The quantitative estimate of drug-likeness (QED) is 0.477. The van der Waals surface area contributed by atoms with Crippen molar-refractivity contribution in [2.75, 3.05) is 6.16 Å². The Bertz CT molecular complexity index is 437. The Labute approximate surface area is 130 Å². The molecule has 0 amide bonds. The van der Waals surface area contributed by atoms with E-state index in [-0.39, 0.29) is 7.92 Å². The fourth-order valence-electron chi connectivity index (χ4n) is 1.92. The van der Waals surface area contributed by atoms with Crippen molar-refractivity contribution in [2.45, 2.75) is 11.3 Å². The molecule has 0 aliphatic heterocycles. The molecule has 105 valence electrons. The first-order valence-corrected chi connectivity index (χ1v) is 12.7. The molecule has 2 aromatic rings. The van der Waals surface area contributed by atoms with Crippen molar-refractivity contribution >= 4 is 37.6 Å². The minimum atomic E-state index is -1.27. The van der Waals surface area contributed by atoms with Crippen molar-refractivity contribution in [3.05, 3.63) is 60.7 Å². The van der Waals surface area contributed by atoms with Crippen LogP contribution < -0.4 is 10.6 Å². The van der Waals surface area contributed by atoms with E-state index in [0.717, 1.165) is 11.3 Å². The molecule has 2 aromatic carbocycles. The van der Waals surface area contributed by atoms with Crippen LogP contribution in [0, 0.1) is 0 Å². The summed E-state index contributed by atoms with van der Waals surface area (Å²) in [5.41, 5.74) is 0. The van der Waals surface area contributed by atoms with Gasteiger partial charge in [-0.2, -0.15) is 0 Å². The zero-order valence-electron chi connectivity index (χ0n) is 10.4. The molecule has 0 N–H and O–H groups in total. The fraction of sp³-hybridized carbons (Fsp3) is 0.200. The van der Waals surface area contributed by atoms with Crippen LogP contribution in [-0.4, -0.2) is 6.16 Å². The molecule has 0 aromatic heterocycles. The van der Waals surface area contributed by atoms with Crippen molar-refractivity contribution in [3.8, 4) is 0 Å². The summed E-state index contributed by atoms with van der Waals surface area (Å²) in [6, 6.07) is 21.5. The number of hydrogen-bond donors (Lipinski definition) is 0. The molecular weight excluding hydrogens is 388 g/mol. The third-order valence-corrected chi connectivity index (χ3v) is 7.91. The second-order valence-corrected chi connectivity index (χ2v) is 12.4. The zero-order valence-corrected chi connectivity index (χ0v) is 14.4. The molecule has 0 unspecified atom stereocenters. The van der Waals surface area contributed by atoms with Gasteiger partial charge in [-0.15, -0.1) is 0 Å². The van der Waals surface area contributed by atoms with E-state index in [0.29, 0.717) is 0 Å². The second-order valence-electron chi connectivity index (χ2n) is 4.05. The monoisotopic (exact) mass is 403 g/mol. The molecule has 2 rings (SSSR count). The van der Waals surface area contributed by atoms with Gasteiger partial charge in [0.1, 0.15) is 0 Å². The summed E-state index contributed by atoms with van der Waals surface area (Å²) in [5.74, 6) is 0. The Morgan fingerprint density at radius 3 is 1.68 bits per heavy atom. The molecule has 0 spiro atoms. The van der Waals surface area contributed by atoms with Crippen molar-refractivity contribution in [3.63, 3.8) is 0 Å². The van der Waals surface area contributed by atoms with E-state index in [1.54, 1.807) is 0 Å². The Morgan fingerprint density at radius 1 is 0.789 bits per heavy atom. The number of benzene rings is 2. The van der Waals surface area contributed by atoms with E-state index in [1.807, 2.05) is 0 Å². The summed E-state index contributed by atoms with van der Waals surface area (Å²) in [6.45, 7) is 0. The van der Waals surface area contributed by atoms with Gasteiger partial charge in [-0.1, -0.05) is 0 Å². The standard InChI is InChI=1S/C15H16P.2ClH.Pd/c1-2-13-16(14-9-5-3-6-10-14)15-11-7-4-8-12-15;;;/h3-12H,1-2,13H2;2*1H;/q;;;+2/p-2. The fourth-order valence-corrected chi connectivity index (χ4v) is 6.36. The summed E-state index contributed by atoms with van der Waals surface area (Å²) in [7, 11) is 11.6. The van der Waals surface area contributed by atoms with Crippen LogP contribution >= 0.6 is 27.0 Å². The van der Waals surface area contributed by atoms with E-state index < -0.39 is 14.7 Å². The molecule has 0 fully saturated rings. The van der Waals surface area contributed by atoms with Crippen molar-refractivity contribution in [1.29, 1.82) is 0 Å². The zero-order chi connectivity index (χ0) is 13.5. The molecular formula is C15H16Cl2PPd. The van der Waals surface area contributed by atoms with Crippen LogP contribution in [0.15, 0.2) is 60.7 Å². The Morgan fingerprint density at radius 2 is 1.26 bits per heavy atom. The molecule has 0 saturated heterocycles. The first kappa shape index (κ1) is 15.5. The van der Waals surface area contributed by atoms with Gasteiger partial charge in [0.2, 0.25) is 0 Å². The molecule has 0 bridgehead atoms. The maximum atomic E-state index is 5.94. The third kappa shape index (κ3) is 5.19. The van der Waals surface area contributed by atoms with Crippen LogP contribution in [-0.2, 0) is 14.7 Å². The Hall–Kier alpha value is 0.112. The first-order chi connectivity index (χ1) is 9.27. The van der Waals surface area contributed by atoms with Crippen molar-refractivity contribution in [1.82, 2.24) is 0 Å². The summed E-state index contributed by atoms with van der Waals surface area (Å²) in [6.07, 6.45) is 2.28. The SMILES string of the molecule is [Cl][Pd]([Cl])[CH2]CCP(c1ccccc1)c1ccccc1. The van der Waals surface area contributed by atoms with Gasteiger partial charge in [-0.25, -0.2) is 0 Å². The summed E-state index contributed by atoms with van der Waals surface area (Å²) >= 11 is -1.27. The van der Waals surface area contributed by atoms with E-state index in [4.69, 9.17) is 19.1 Å². The molecule has 0 saturated carbocycles. The van der Waals surface area contributed by atoms with Gasteiger partial charge < -0.3 is 0 Å². The van der Waals surface area contributed by atoms with Gasteiger partial charge in [-0.3, -0.25) is 0 Å². The molecule has 0 atom stereocenters. The van der Waals surface area contributed by atoms with Gasteiger partial charge in [0.25, 0.3) is 0 Å². The van der Waals surface area contributed by atoms with E-state index in [2.05, 4.69) is 60.7 Å². The van der Waals surface area contributed by atoms with Crippen LogP contribution in [0.2, 0.25) is 4.89 Å². The number of halogens is 2. The maximum absolute atomic E-state index is 5.94. The van der Waals surface area contributed by atoms with Crippen LogP contribution in [0.1, 0.15) is 6.42 Å². The molecule has 0 heterocycles. The third-order valence-electron chi connectivity index (χ3n) is 2.75.